The second-order valence-corrected chi connectivity index (χ2v) is 7.37. The SMILES string of the molecule is CCCCNC(=O)OC(C)C(N)(CCCCCN)C(C)OC(=O)NCCCC. The van der Waals surface area contributed by atoms with Gasteiger partial charge in [0.25, 0.3) is 0 Å². The molecule has 0 saturated heterocycles. The molecular weight excluding hydrogens is 360 g/mol. The fraction of sp³-hybridized carbons (Fsp3) is 0.900. The summed E-state index contributed by atoms with van der Waals surface area (Å²) >= 11 is 0. The van der Waals surface area contributed by atoms with Crippen molar-refractivity contribution in [2.75, 3.05) is 19.6 Å². The van der Waals surface area contributed by atoms with E-state index in [9.17, 15) is 9.59 Å². The number of nitrogens with one attached hydrogen (secondary N) is 2. The van der Waals surface area contributed by atoms with Gasteiger partial charge in [-0.05, 0) is 46.1 Å². The number of unbranched alkanes of at least 4 members (excludes halogenated alkanes) is 4. The monoisotopic (exact) mass is 402 g/mol. The molecule has 2 atom stereocenters. The average Bonchev–Trinajstić information content (AvgIpc) is 2.65. The van der Waals surface area contributed by atoms with Crippen molar-refractivity contribution in [3.05, 3.63) is 0 Å². The molecule has 0 aromatic rings. The number of carbonyl (C=O) groups is 2. The Morgan fingerprint density at radius 2 is 1.32 bits per heavy atom. The van der Waals surface area contributed by atoms with E-state index in [0.717, 1.165) is 44.9 Å². The van der Waals surface area contributed by atoms with E-state index in [-0.39, 0.29) is 0 Å². The summed E-state index contributed by atoms with van der Waals surface area (Å²) in [5.74, 6) is 0. The molecule has 0 saturated carbocycles. The Morgan fingerprint density at radius 3 is 1.71 bits per heavy atom. The summed E-state index contributed by atoms with van der Waals surface area (Å²) in [5, 5.41) is 5.45. The number of ether oxygens (including phenoxy) is 2. The summed E-state index contributed by atoms with van der Waals surface area (Å²) in [6.45, 7) is 9.33. The van der Waals surface area contributed by atoms with Crippen molar-refractivity contribution in [3.8, 4) is 0 Å². The van der Waals surface area contributed by atoms with Crippen LogP contribution in [0, 0.1) is 0 Å². The molecule has 2 amide bonds. The lowest BCUT2D eigenvalue weighted by Crippen LogP contribution is -2.60. The second-order valence-electron chi connectivity index (χ2n) is 7.37. The van der Waals surface area contributed by atoms with E-state index >= 15 is 0 Å². The Balaban J connectivity index is 4.91. The smallest absolute Gasteiger partial charge is 0.407 e. The minimum Gasteiger partial charge on any atom is -0.444 e. The molecule has 0 spiro atoms. The lowest BCUT2D eigenvalue weighted by atomic mass is 9.83. The van der Waals surface area contributed by atoms with E-state index in [1.54, 1.807) is 13.8 Å². The fourth-order valence-electron chi connectivity index (χ4n) is 2.85. The van der Waals surface area contributed by atoms with Gasteiger partial charge in [-0.2, -0.15) is 0 Å². The third-order valence-electron chi connectivity index (χ3n) is 4.99. The predicted molar refractivity (Wildman–Crippen MR) is 112 cm³/mol. The molecule has 6 N–H and O–H groups in total. The highest BCUT2D eigenvalue weighted by atomic mass is 16.6. The van der Waals surface area contributed by atoms with Crippen molar-refractivity contribution in [1.82, 2.24) is 10.6 Å². The quantitative estimate of drug-likeness (QED) is 0.312. The van der Waals surface area contributed by atoms with Crippen molar-refractivity contribution in [3.63, 3.8) is 0 Å². The van der Waals surface area contributed by atoms with Crippen LogP contribution in [0.15, 0.2) is 0 Å². The van der Waals surface area contributed by atoms with Gasteiger partial charge in [-0.1, -0.05) is 39.5 Å². The molecule has 0 aromatic carbocycles. The molecule has 0 heterocycles. The van der Waals surface area contributed by atoms with Gasteiger partial charge in [0.2, 0.25) is 0 Å². The number of rotatable bonds is 15. The van der Waals surface area contributed by atoms with Crippen LogP contribution in [0.1, 0.15) is 79.1 Å². The zero-order valence-electron chi connectivity index (χ0n) is 18.2. The van der Waals surface area contributed by atoms with E-state index in [1.165, 1.54) is 0 Å². The first kappa shape index (κ1) is 26.5. The zero-order valence-corrected chi connectivity index (χ0v) is 18.2. The lowest BCUT2D eigenvalue weighted by Gasteiger charge is -2.39. The largest absolute Gasteiger partial charge is 0.444 e. The van der Waals surface area contributed by atoms with Gasteiger partial charge in [-0.25, -0.2) is 9.59 Å². The van der Waals surface area contributed by atoms with Gasteiger partial charge in [-0.3, -0.25) is 0 Å². The summed E-state index contributed by atoms with van der Waals surface area (Å²) in [6, 6.07) is 0. The van der Waals surface area contributed by atoms with E-state index in [4.69, 9.17) is 20.9 Å². The maximum atomic E-state index is 12.0. The molecule has 0 rings (SSSR count). The first-order valence-electron chi connectivity index (χ1n) is 10.7. The van der Waals surface area contributed by atoms with Gasteiger partial charge in [0.1, 0.15) is 12.2 Å². The van der Waals surface area contributed by atoms with Crippen LogP contribution in [-0.4, -0.2) is 49.6 Å². The van der Waals surface area contributed by atoms with Crippen molar-refractivity contribution in [2.24, 2.45) is 11.5 Å². The van der Waals surface area contributed by atoms with Crippen LogP contribution in [0.2, 0.25) is 0 Å². The van der Waals surface area contributed by atoms with Crippen LogP contribution in [0.3, 0.4) is 0 Å². The van der Waals surface area contributed by atoms with Crippen LogP contribution in [0.5, 0.6) is 0 Å². The Labute approximate surface area is 170 Å². The molecule has 8 heteroatoms. The van der Waals surface area contributed by atoms with Crippen LogP contribution in [0.4, 0.5) is 9.59 Å². The minimum absolute atomic E-state index is 0.502. The van der Waals surface area contributed by atoms with E-state index < -0.39 is 29.9 Å². The maximum absolute atomic E-state index is 12.0. The summed E-state index contributed by atoms with van der Waals surface area (Å²) in [4.78, 5) is 24.1. The minimum atomic E-state index is -0.987. The predicted octanol–water partition coefficient (Wildman–Crippen LogP) is 3.03. The van der Waals surface area contributed by atoms with Crippen molar-refractivity contribution in [1.29, 1.82) is 0 Å². The van der Waals surface area contributed by atoms with Gasteiger partial charge in [0.15, 0.2) is 0 Å². The van der Waals surface area contributed by atoms with Crippen LogP contribution >= 0.6 is 0 Å². The summed E-state index contributed by atoms with van der Waals surface area (Å²) in [7, 11) is 0. The summed E-state index contributed by atoms with van der Waals surface area (Å²) < 4.78 is 11.0. The van der Waals surface area contributed by atoms with E-state index in [2.05, 4.69) is 10.6 Å². The van der Waals surface area contributed by atoms with Crippen molar-refractivity contribution >= 4 is 12.2 Å². The molecular formula is C20H42N4O4. The number of nitrogens with two attached hydrogens (primary N) is 2. The molecule has 2 unspecified atom stereocenters. The van der Waals surface area contributed by atoms with E-state index in [0.29, 0.717) is 26.1 Å². The second kappa shape index (κ2) is 15.4. The topological polar surface area (TPSA) is 129 Å². The summed E-state index contributed by atoms with van der Waals surface area (Å²) in [5.41, 5.74) is 11.2. The Bertz CT molecular complexity index is 404. The van der Waals surface area contributed by atoms with Gasteiger partial charge < -0.3 is 31.6 Å². The van der Waals surface area contributed by atoms with Crippen molar-refractivity contribution in [2.45, 2.75) is 96.8 Å². The highest BCUT2D eigenvalue weighted by Crippen LogP contribution is 2.25. The standard InChI is InChI=1S/C20H42N4O4/c1-5-7-14-23-18(25)27-16(3)20(22,12-10-9-11-13-21)17(4)28-19(26)24-15-8-6-2/h16-17H,5-15,21-22H2,1-4H3,(H,23,25)(H,24,26). The number of hydrogen-bond acceptors (Lipinski definition) is 6. The Hall–Kier alpha value is -1.54. The number of alkyl carbamates (subject to hydrolysis) is 2. The first-order chi connectivity index (χ1) is 13.3. The third kappa shape index (κ3) is 10.7. The highest BCUT2D eigenvalue weighted by Gasteiger charge is 2.42. The molecule has 166 valence electrons. The number of amides is 2. The van der Waals surface area contributed by atoms with Crippen molar-refractivity contribution < 1.29 is 19.1 Å². The molecule has 0 aliphatic carbocycles. The van der Waals surface area contributed by atoms with Crippen LogP contribution < -0.4 is 22.1 Å². The summed E-state index contributed by atoms with van der Waals surface area (Å²) in [6.07, 6.45) is 4.66. The van der Waals surface area contributed by atoms with Crippen LogP contribution in [0.25, 0.3) is 0 Å². The average molecular weight is 403 g/mol. The molecule has 0 aliphatic heterocycles. The van der Waals surface area contributed by atoms with E-state index in [1.807, 2.05) is 13.8 Å². The van der Waals surface area contributed by atoms with Crippen LogP contribution in [-0.2, 0) is 9.47 Å². The third-order valence-corrected chi connectivity index (χ3v) is 4.99. The maximum Gasteiger partial charge on any atom is 0.407 e. The fourth-order valence-corrected chi connectivity index (χ4v) is 2.85. The van der Waals surface area contributed by atoms with Gasteiger partial charge in [0.05, 0.1) is 5.54 Å². The molecule has 0 fully saturated rings. The molecule has 0 aromatic heterocycles. The number of hydrogen-bond donors (Lipinski definition) is 4. The van der Waals surface area contributed by atoms with Gasteiger partial charge in [0, 0.05) is 13.1 Å². The first-order valence-corrected chi connectivity index (χ1v) is 10.7. The number of carbonyl (C=O) groups excluding carboxylic acids is 2. The molecule has 28 heavy (non-hydrogen) atoms. The Kier molecular flexibility index (Phi) is 14.5. The lowest BCUT2D eigenvalue weighted by molar-refractivity contribution is -0.0184. The Morgan fingerprint density at radius 1 is 0.857 bits per heavy atom. The zero-order chi connectivity index (χ0) is 21.4. The van der Waals surface area contributed by atoms with Gasteiger partial charge >= 0.3 is 12.2 Å². The molecule has 8 nitrogen and oxygen atoms in total. The normalized spacial score (nSPS) is 15.2. The molecule has 0 aliphatic rings. The van der Waals surface area contributed by atoms with Gasteiger partial charge in [-0.15, -0.1) is 0 Å². The molecule has 0 bridgehead atoms. The molecule has 0 radical (unpaired) electrons. The highest BCUT2D eigenvalue weighted by molar-refractivity contribution is 5.68.